The SMILES string of the molecule is CC(C)NCCC(=O)N1CCC1C(N)=O. The average molecular weight is 213 g/mol. The minimum atomic E-state index is -0.397. The summed E-state index contributed by atoms with van der Waals surface area (Å²) >= 11 is 0. The number of carbonyl (C=O) groups is 2. The Morgan fingerprint density at radius 2 is 2.20 bits per heavy atom. The fraction of sp³-hybridized carbons (Fsp3) is 0.800. The Morgan fingerprint density at radius 1 is 1.53 bits per heavy atom. The Bertz CT molecular complexity index is 253. The first-order valence-corrected chi connectivity index (χ1v) is 5.34. The highest BCUT2D eigenvalue weighted by molar-refractivity contribution is 5.88. The molecule has 0 spiro atoms. The summed E-state index contributed by atoms with van der Waals surface area (Å²) in [4.78, 5) is 24.1. The van der Waals surface area contributed by atoms with E-state index >= 15 is 0 Å². The van der Waals surface area contributed by atoms with Crippen molar-refractivity contribution in [3.8, 4) is 0 Å². The summed E-state index contributed by atoms with van der Waals surface area (Å²) in [7, 11) is 0. The van der Waals surface area contributed by atoms with E-state index in [2.05, 4.69) is 5.32 Å². The van der Waals surface area contributed by atoms with Crippen molar-refractivity contribution < 1.29 is 9.59 Å². The van der Waals surface area contributed by atoms with Crippen LogP contribution in [0.5, 0.6) is 0 Å². The maximum Gasteiger partial charge on any atom is 0.240 e. The van der Waals surface area contributed by atoms with Gasteiger partial charge in [-0.15, -0.1) is 0 Å². The predicted molar refractivity (Wildman–Crippen MR) is 57.1 cm³/mol. The predicted octanol–water partition coefficient (Wildman–Crippen LogP) is -0.539. The molecule has 1 aliphatic heterocycles. The molecule has 1 aliphatic rings. The number of nitrogens with one attached hydrogen (secondary N) is 1. The molecule has 5 nitrogen and oxygen atoms in total. The molecule has 0 aromatic carbocycles. The molecule has 1 rings (SSSR count). The first kappa shape index (κ1) is 12.0. The lowest BCUT2D eigenvalue weighted by Crippen LogP contribution is -2.57. The first-order valence-electron chi connectivity index (χ1n) is 5.34. The molecule has 0 radical (unpaired) electrons. The maximum absolute atomic E-state index is 11.6. The van der Waals surface area contributed by atoms with Crippen LogP contribution >= 0.6 is 0 Å². The Hall–Kier alpha value is -1.10. The van der Waals surface area contributed by atoms with E-state index < -0.39 is 5.91 Å². The van der Waals surface area contributed by atoms with Gasteiger partial charge in [-0.05, 0) is 6.42 Å². The topological polar surface area (TPSA) is 75.4 Å². The molecule has 15 heavy (non-hydrogen) atoms. The fourth-order valence-corrected chi connectivity index (χ4v) is 1.59. The number of likely N-dealkylation sites (tertiary alicyclic amines) is 1. The largest absolute Gasteiger partial charge is 0.368 e. The molecule has 1 atom stereocenters. The van der Waals surface area contributed by atoms with Crippen molar-refractivity contribution in [3.05, 3.63) is 0 Å². The molecular weight excluding hydrogens is 194 g/mol. The summed E-state index contributed by atoms with van der Waals surface area (Å²) in [6.45, 7) is 5.37. The molecule has 1 saturated heterocycles. The third kappa shape index (κ3) is 3.20. The maximum atomic E-state index is 11.6. The second kappa shape index (κ2) is 5.11. The van der Waals surface area contributed by atoms with Gasteiger partial charge in [0.05, 0.1) is 0 Å². The van der Waals surface area contributed by atoms with Gasteiger partial charge in [-0.25, -0.2) is 0 Å². The summed E-state index contributed by atoms with van der Waals surface area (Å²) in [5.41, 5.74) is 5.15. The van der Waals surface area contributed by atoms with E-state index in [-0.39, 0.29) is 11.9 Å². The normalized spacial score (nSPS) is 20.2. The van der Waals surface area contributed by atoms with Crippen LogP contribution in [0.2, 0.25) is 0 Å². The number of nitrogens with zero attached hydrogens (tertiary/aromatic N) is 1. The lowest BCUT2D eigenvalue weighted by molar-refractivity contribution is -0.145. The molecule has 5 heteroatoms. The number of hydrogen-bond acceptors (Lipinski definition) is 3. The van der Waals surface area contributed by atoms with E-state index in [1.807, 2.05) is 13.8 Å². The minimum Gasteiger partial charge on any atom is -0.368 e. The molecule has 0 aromatic rings. The quantitative estimate of drug-likeness (QED) is 0.644. The fourth-order valence-electron chi connectivity index (χ4n) is 1.59. The number of nitrogens with two attached hydrogens (primary N) is 1. The second-order valence-corrected chi connectivity index (χ2v) is 4.15. The zero-order chi connectivity index (χ0) is 11.4. The highest BCUT2D eigenvalue weighted by Crippen LogP contribution is 2.17. The third-order valence-corrected chi connectivity index (χ3v) is 2.56. The van der Waals surface area contributed by atoms with Crippen LogP contribution in [0.3, 0.4) is 0 Å². The first-order chi connectivity index (χ1) is 7.02. The van der Waals surface area contributed by atoms with Gasteiger partial charge >= 0.3 is 0 Å². The van der Waals surface area contributed by atoms with Crippen molar-refractivity contribution in [2.24, 2.45) is 5.73 Å². The van der Waals surface area contributed by atoms with Crippen LogP contribution in [0.15, 0.2) is 0 Å². The molecule has 3 N–H and O–H groups in total. The van der Waals surface area contributed by atoms with E-state index in [9.17, 15) is 9.59 Å². The van der Waals surface area contributed by atoms with Crippen LogP contribution in [0.1, 0.15) is 26.7 Å². The van der Waals surface area contributed by atoms with Gasteiger partial charge in [0.15, 0.2) is 0 Å². The molecular formula is C10H19N3O2. The standard InChI is InChI=1S/C10H19N3O2/c1-7(2)12-5-3-9(14)13-6-4-8(13)10(11)15/h7-8,12H,3-6H2,1-2H3,(H2,11,15). The molecule has 1 fully saturated rings. The minimum absolute atomic E-state index is 0.0122. The zero-order valence-electron chi connectivity index (χ0n) is 9.32. The molecule has 1 unspecified atom stereocenters. The summed E-state index contributed by atoms with van der Waals surface area (Å²) in [5, 5.41) is 3.16. The Kier molecular flexibility index (Phi) is 4.08. The van der Waals surface area contributed by atoms with Gasteiger partial charge in [0, 0.05) is 25.6 Å². The average Bonchev–Trinajstić information content (AvgIpc) is 1.99. The van der Waals surface area contributed by atoms with Gasteiger partial charge < -0.3 is 16.0 Å². The molecule has 0 saturated carbocycles. The van der Waals surface area contributed by atoms with E-state index in [1.54, 1.807) is 4.90 Å². The van der Waals surface area contributed by atoms with E-state index in [1.165, 1.54) is 0 Å². The van der Waals surface area contributed by atoms with Crippen LogP contribution in [0.25, 0.3) is 0 Å². The number of primary amides is 1. The number of carbonyl (C=O) groups excluding carboxylic acids is 2. The van der Waals surface area contributed by atoms with Crippen LogP contribution in [-0.4, -0.2) is 41.9 Å². The van der Waals surface area contributed by atoms with Crippen molar-refractivity contribution in [1.82, 2.24) is 10.2 Å². The van der Waals surface area contributed by atoms with Crippen molar-refractivity contribution in [2.75, 3.05) is 13.1 Å². The third-order valence-electron chi connectivity index (χ3n) is 2.56. The van der Waals surface area contributed by atoms with Gasteiger partial charge in [-0.2, -0.15) is 0 Å². The Balaban J connectivity index is 2.26. The van der Waals surface area contributed by atoms with Gasteiger partial charge in [0.1, 0.15) is 6.04 Å². The molecule has 1 heterocycles. The van der Waals surface area contributed by atoms with Crippen molar-refractivity contribution in [2.45, 2.75) is 38.8 Å². The van der Waals surface area contributed by atoms with Crippen molar-refractivity contribution in [1.29, 1.82) is 0 Å². The van der Waals surface area contributed by atoms with E-state index in [0.29, 0.717) is 32.0 Å². The second-order valence-electron chi connectivity index (χ2n) is 4.15. The number of rotatable bonds is 5. The van der Waals surface area contributed by atoms with Gasteiger partial charge in [-0.3, -0.25) is 9.59 Å². The summed E-state index contributed by atoms with van der Waals surface area (Å²) in [6.07, 6.45) is 1.14. The van der Waals surface area contributed by atoms with Gasteiger partial charge in [-0.1, -0.05) is 13.8 Å². The molecule has 0 aliphatic carbocycles. The number of hydrogen-bond donors (Lipinski definition) is 2. The smallest absolute Gasteiger partial charge is 0.240 e. The highest BCUT2D eigenvalue weighted by Gasteiger charge is 2.35. The summed E-state index contributed by atoms with van der Waals surface area (Å²) in [6, 6.07) is 0.0117. The monoisotopic (exact) mass is 213 g/mol. The molecule has 0 aromatic heterocycles. The van der Waals surface area contributed by atoms with E-state index in [0.717, 1.165) is 0 Å². The van der Waals surface area contributed by atoms with Crippen LogP contribution in [0.4, 0.5) is 0 Å². The summed E-state index contributed by atoms with van der Waals surface area (Å²) in [5.74, 6) is -0.385. The Morgan fingerprint density at radius 3 is 2.60 bits per heavy atom. The molecule has 2 amide bonds. The zero-order valence-corrected chi connectivity index (χ0v) is 9.32. The highest BCUT2D eigenvalue weighted by atomic mass is 16.2. The van der Waals surface area contributed by atoms with Crippen molar-refractivity contribution in [3.63, 3.8) is 0 Å². The van der Waals surface area contributed by atoms with Gasteiger partial charge in [0.2, 0.25) is 11.8 Å². The lowest BCUT2D eigenvalue weighted by atomic mass is 10.0. The summed E-state index contributed by atoms with van der Waals surface area (Å²) < 4.78 is 0. The number of amides is 2. The van der Waals surface area contributed by atoms with Crippen LogP contribution in [-0.2, 0) is 9.59 Å². The molecule has 0 bridgehead atoms. The molecule has 86 valence electrons. The van der Waals surface area contributed by atoms with Crippen molar-refractivity contribution >= 4 is 11.8 Å². The van der Waals surface area contributed by atoms with Crippen LogP contribution < -0.4 is 11.1 Å². The van der Waals surface area contributed by atoms with E-state index in [4.69, 9.17) is 5.73 Å². The Labute approximate surface area is 90.0 Å². The van der Waals surface area contributed by atoms with Gasteiger partial charge in [0.25, 0.3) is 0 Å². The van der Waals surface area contributed by atoms with Crippen LogP contribution in [0, 0.1) is 0 Å². The lowest BCUT2D eigenvalue weighted by Gasteiger charge is -2.38.